The van der Waals surface area contributed by atoms with E-state index in [-0.39, 0.29) is 0 Å². The molecule has 2 heterocycles. The summed E-state index contributed by atoms with van der Waals surface area (Å²) in [6.07, 6.45) is 2.91. The predicted molar refractivity (Wildman–Crippen MR) is 72.8 cm³/mol. The normalized spacial score (nSPS) is 17.3. The van der Waals surface area contributed by atoms with Gasteiger partial charge >= 0.3 is 0 Å². The van der Waals surface area contributed by atoms with Crippen LogP contribution in [0.15, 0.2) is 10.7 Å². The molecule has 0 amide bonds. The maximum absolute atomic E-state index is 5.56. The third-order valence-electron chi connectivity index (χ3n) is 3.36. The fraction of sp³-hybridized carbons (Fsp3) is 0.769. The van der Waals surface area contributed by atoms with Crippen molar-refractivity contribution in [1.29, 1.82) is 0 Å². The first-order chi connectivity index (χ1) is 8.83. The van der Waals surface area contributed by atoms with E-state index in [1.54, 1.807) is 6.26 Å². The van der Waals surface area contributed by atoms with Gasteiger partial charge in [0.05, 0.1) is 5.69 Å². The van der Waals surface area contributed by atoms with Gasteiger partial charge in [0.15, 0.2) is 0 Å². The summed E-state index contributed by atoms with van der Waals surface area (Å²) < 4.78 is 5.56. The van der Waals surface area contributed by atoms with Crippen LogP contribution >= 0.6 is 0 Å². The van der Waals surface area contributed by atoms with Crippen LogP contribution < -0.4 is 10.2 Å². The SMILES string of the molecule is CCCNCc1coc(N2CCN(CC)CC2)n1. The Bertz CT molecular complexity index is 345. The van der Waals surface area contributed by atoms with Gasteiger partial charge in [-0.3, -0.25) is 0 Å². The van der Waals surface area contributed by atoms with Crippen LogP contribution in [0.4, 0.5) is 6.01 Å². The van der Waals surface area contributed by atoms with E-state index in [1.807, 2.05) is 0 Å². The van der Waals surface area contributed by atoms with Crippen molar-refractivity contribution in [2.24, 2.45) is 0 Å². The molecule has 0 unspecified atom stereocenters. The summed E-state index contributed by atoms with van der Waals surface area (Å²) in [5.74, 6) is 0. The molecule has 0 aliphatic carbocycles. The van der Waals surface area contributed by atoms with E-state index in [9.17, 15) is 0 Å². The Kier molecular flexibility index (Phi) is 5.01. The van der Waals surface area contributed by atoms with E-state index in [0.29, 0.717) is 0 Å². The highest BCUT2D eigenvalue weighted by Gasteiger charge is 2.19. The second kappa shape index (κ2) is 6.75. The molecule has 0 aromatic carbocycles. The lowest BCUT2D eigenvalue weighted by Gasteiger charge is -2.32. The average molecular weight is 252 g/mol. The van der Waals surface area contributed by atoms with Gasteiger partial charge in [0.2, 0.25) is 0 Å². The standard InChI is InChI=1S/C13H24N4O/c1-3-5-14-10-12-11-18-13(15-12)17-8-6-16(4-2)7-9-17/h11,14H,3-10H2,1-2H3. The summed E-state index contributed by atoms with van der Waals surface area (Å²) in [5.41, 5.74) is 0.997. The van der Waals surface area contributed by atoms with Crippen LogP contribution in [0.1, 0.15) is 26.0 Å². The topological polar surface area (TPSA) is 44.5 Å². The highest BCUT2D eigenvalue weighted by molar-refractivity contribution is 5.27. The molecule has 0 bridgehead atoms. The van der Waals surface area contributed by atoms with Crippen LogP contribution in [-0.4, -0.2) is 49.2 Å². The van der Waals surface area contributed by atoms with Gasteiger partial charge in [0, 0.05) is 32.7 Å². The van der Waals surface area contributed by atoms with Crippen LogP contribution in [0.25, 0.3) is 0 Å². The van der Waals surface area contributed by atoms with Crippen molar-refractivity contribution < 1.29 is 4.42 Å². The molecule has 0 radical (unpaired) electrons. The van der Waals surface area contributed by atoms with E-state index >= 15 is 0 Å². The van der Waals surface area contributed by atoms with Gasteiger partial charge in [-0.15, -0.1) is 0 Å². The molecular weight excluding hydrogens is 228 g/mol. The average Bonchev–Trinajstić information content (AvgIpc) is 2.88. The lowest BCUT2D eigenvalue weighted by molar-refractivity contribution is 0.265. The minimum Gasteiger partial charge on any atom is -0.432 e. The van der Waals surface area contributed by atoms with Crippen molar-refractivity contribution >= 4 is 6.01 Å². The third kappa shape index (κ3) is 3.46. The van der Waals surface area contributed by atoms with Gasteiger partial charge in [-0.1, -0.05) is 13.8 Å². The summed E-state index contributed by atoms with van der Waals surface area (Å²) in [6, 6.07) is 0.777. The maximum Gasteiger partial charge on any atom is 0.297 e. The highest BCUT2D eigenvalue weighted by atomic mass is 16.4. The highest BCUT2D eigenvalue weighted by Crippen LogP contribution is 2.15. The number of nitrogens with one attached hydrogen (secondary N) is 1. The lowest BCUT2D eigenvalue weighted by atomic mass is 10.3. The molecular formula is C13H24N4O. The summed E-state index contributed by atoms with van der Waals surface area (Å²) in [6.45, 7) is 11.5. The Hall–Kier alpha value is -1.07. The minimum atomic E-state index is 0.777. The molecule has 1 fully saturated rings. The molecule has 1 aromatic rings. The minimum absolute atomic E-state index is 0.777. The number of hydrogen-bond donors (Lipinski definition) is 1. The molecule has 5 heteroatoms. The monoisotopic (exact) mass is 252 g/mol. The second-order valence-electron chi connectivity index (χ2n) is 4.72. The first-order valence-electron chi connectivity index (χ1n) is 6.96. The first kappa shape index (κ1) is 13.4. The fourth-order valence-corrected chi connectivity index (χ4v) is 2.17. The van der Waals surface area contributed by atoms with E-state index in [1.165, 1.54) is 0 Å². The van der Waals surface area contributed by atoms with Crippen molar-refractivity contribution in [3.8, 4) is 0 Å². The largest absolute Gasteiger partial charge is 0.432 e. The third-order valence-corrected chi connectivity index (χ3v) is 3.36. The second-order valence-corrected chi connectivity index (χ2v) is 4.72. The van der Waals surface area contributed by atoms with Gasteiger partial charge in [-0.2, -0.15) is 4.98 Å². The van der Waals surface area contributed by atoms with E-state index < -0.39 is 0 Å². The van der Waals surface area contributed by atoms with E-state index in [2.05, 4.69) is 33.9 Å². The Morgan fingerprint density at radius 2 is 2.06 bits per heavy atom. The number of piperazine rings is 1. The van der Waals surface area contributed by atoms with Crippen molar-refractivity contribution in [1.82, 2.24) is 15.2 Å². The van der Waals surface area contributed by atoms with E-state index in [4.69, 9.17) is 4.42 Å². The van der Waals surface area contributed by atoms with Crippen molar-refractivity contribution in [3.63, 3.8) is 0 Å². The van der Waals surface area contributed by atoms with Crippen molar-refractivity contribution in [3.05, 3.63) is 12.0 Å². The zero-order valence-corrected chi connectivity index (χ0v) is 11.5. The molecule has 1 aliphatic rings. The van der Waals surface area contributed by atoms with Gasteiger partial charge in [-0.25, -0.2) is 0 Å². The summed E-state index contributed by atoms with van der Waals surface area (Å²) in [7, 11) is 0. The van der Waals surface area contributed by atoms with Gasteiger partial charge in [-0.05, 0) is 19.5 Å². The van der Waals surface area contributed by atoms with Gasteiger partial charge in [0.25, 0.3) is 6.01 Å². The number of oxazole rings is 1. The predicted octanol–water partition coefficient (Wildman–Crippen LogP) is 1.32. The van der Waals surface area contributed by atoms with Crippen LogP contribution in [0.5, 0.6) is 0 Å². The molecule has 2 rings (SSSR count). The number of anilines is 1. The van der Waals surface area contributed by atoms with Crippen LogP contribution in [0, 0.1) is 0 Å². The number of hydrogen-bond acceptors (Lipinski definition) is 5. The summed E-state index contributed by atoms with van der Waals surface area (Å²) in [4.78, 5) is 9.21. The molecule has 102 valence electrons. The quantitative estimate of drug-likeness (QED) is 0.774. The lowest BCUT2D eigenvalue weighted by Crippen LogP contribution is -2.46. The van der Waals surface area contributed by atoms with E-state index in [0.717, 1.165) is 63.9 Å². The van der Waals surface area contributed by atoms with Crippen LogP contribution in [0.3, 0.4) is 0 Å². The zero-order valence-electron chi connectivity index (χ0n) is 11.5. The van der Waals surface area contributed by atoms with Crippen molar-refractivity contribution in [2.45, 2.75) is 26.8 Å². The number of likely N-dealkylation sites (N-methyl/N-ethyl adjacent to an activating group) is 1. The van der Waals surface area contributed by atoms with Crippen LogP contribution in [0.2, 0.25) is 0 Å². The van der Waals surface area contributed by atoms with Crippen molar-refractivity contribution in [2.75, 3.05) is 44.2 Å². The van der Waals surface area contributed by atoms with Gasteiger partial charge < -0.3 is 19.5 Å². The number of nitrogens with zero attached hydrogens (tertiary/aromatic N) is 3. The molecule has 18 heavy (non-hydrogen) atoms. The molecule has 5 nitrogen and oxygen atoms in total. The Morgan fingerprint density at radius 1 is 1.28 bits per heavy atom. The first-order valence-corrected chi connectivity index (χ1v) is 6.96. The zero-order chi connectivity index (χ0) is 12.8. The fourth-order valence-electron chi connectivity index (χ4n) is 2.17. The Labute approximate surface area is 109 Å². The maximum atomic E-state index is 5.56. The van der Waals surface area contributed by atoms with Gasteiger partial charge in [0.1, 0.15) is 6.26 Å². The Balaban J connectivity index is 1.82. The molecule has 1 N–H and O–H groups in total. The molecule has 0 saturated carbocycles. The Morgan fingerprint density at radius 3 is 2.72 bits per heavy atom. The van der Waals surface area contributed by atoms with Crippen LogP contribution in [-0.2, 0) is 6.54 Å². The smallest absolute Gasteiger partial charge is 0.297 e. The molecule has 1 aliphatic heterocycles. The molecule has 0 atom stereocenters. The summed E-state index contributed by atoms with van der Waals surface area (Å²) >= 11 is 0. The summed E-state index contributed by atoms with van der Waals surface area (Å²) in [5, 5.41) is 3.33. The molecule has 1 saturated heterocycles. The molecule has 0 spiro atoms. The molecule has 1 aromatic heterocycles. The number of rotatable bonds is 6. The number of aromatic nitrogens is 1.